The molecule has 3 unspecified atom stereocenters. The molecule has 166 valence electrons. The maximum absolute atomic E-state index is 13.5. The normalized spacial score (nSPS) is 46.6. The molecule has 1 aromatic rings. The lowest BCUT2D eigenvalue weighted by atomic mass is 9.51. The third-order valence-electron chi connectivity index (χ3n) is 9.44. The molecule has 8 atom stereocenters. The quantitative estimate of drug-likeness (QED) is 0.699. The number of fused-ring (bicyclic) bond motifs is 2. The second-order valence-corrected chi connectivity index (χ2v) is 10.2. The second kappa shape index (κ2) is 5.73. The average Bonchev–Trinajstić information content (AvgIpc) is 3.26. The van der Waals surface area contributed by atoms with Crippen LogP contribution in [0.5, 0.6) is 11.5 Å². The standard InChI is InChI=1S/C23H28N2O6/c1-29-14-5-11-13(7-15(14)30-2)25-19(27)8-16-20-12-6-17-22(11,21(20)25)3-4-24(17)10-23(12,28)18(26)9-31-16/h5,7,12,16-18,20-21,26,28H,3-4,6,8-10H2,1-2H3/t12-,16+,17?,18-,20+,21+,22?,23?/m1/s1. The predicted molar refractivity (Wildman–Crippen MR) is 109 cm³/mol. The van der Waals surface area contributed by atoms with Crippen molar-refractivity contribution in [2.24, 2.45) is 11.8 Å². The van der Waals surface area contributed by atoms with Gasteiger partial charge in [0.05, 0.1) is 45.1 Å². The molecule has 5 aliphatic heterocycles. The fourth-order valence-electron chi connectivity index (χ4n) is 8.32. The smallest absolute Gasteiger partial charge is 0.229 e. The molecule has 5 fully saturated rings. The van der Waals surface area contributed by atoms with Gasteiger partial charge in [-0.2, -0.15) is 0 Å². The van der Waals surface area contributed by atoms with Gasteiger partial charge in [0.25, 0.3) is 0 Å². The van der Waals surface area contributed by atoms with Crippen molar-refractivity contribution in [1.29, 1.82) is 0 Å². The number of methoxy groups -OCH3 is 2. The molecule has 4 saturated heterocycles. The van der Waals surface area contributed by atoms with Gasteiger partial charge in [-0.3, -0.25) is 9.69 Å². The Kier molecular flexibility index (Phi) is 3.45. The molecule has 31 heavy (non-hydrogen) atoms. The Bertz CT molecular complexity index is 1000. The summed E-state index contributed by atoms with van der Waals surface area (Å²) >= 11 is 0. The Morgan fingerprint density at radius 3 is 2.77 bits per heavy atom. The third-order valence-corrected chi connectivity index (χ3v) is 9.44. The summed E-state index contributed by atoms with van der Waals surface area (Å²) in [6, 6.07) is 4.16. The van der Waals surface area contributed by atoms with E-state index in [2.05, 4.69) is 11.0 Å². The second-order valence-electron chi connectivity index (χ2n) is 10.2. The molecule has 1 spiro atoms. The molecule has 0 radical (unpaired) electrons. The largest absolute Gasteiger partial charge is 0.493 e. The van der Waals surface area contributed by atoms with E-state index in [4.69, 9.17) is 14.2 Å². The van der Waals surface area contributed by atoms with Crippen LogP contribution in [0, 0.1) is 11.8 Å². The van der Waals surface area contributed by atoms with Crippen molar-refractivity contribution in [1.82, 2.24) is 4.90 Å². The first-order valence-electron chi connectivity index (χ1n) is 11.3. The summed E-state index contributed by atoms with van der Waals surface area (Å²) in [5.41, 5.74) is 0.645. The number of nitrogens with zero attached hydrogens (tertiary/aromatic N) is 2. The topological polar surface area (TPSA) is 91.7 Å². The Hall–Kier alpha value is -1.87. The van der Waals surface area contributed by atoms with E-state index in [1.165, 1.54) is 0 Å². The van der Waals surface area contributed by atoms with Crippen LogP contribution in [-0.2, 0) is 14.9 Å². The zero-order valence-electron chi connectivity index (χ0n) is 17.8. The van der Waals surface area contributed by atoms with Gasteiger partial charge in [0.15, 0.2) is 11.5 Å². The summed E-state index contributed by atoms with van der Waals surface area (Å²) in [6.07, 6.45) is 0.787. The molecule has 2 bridgehead atoms. The lowest BCUT2D eigenvalue weighted by molar-refractivity contribution is -0.184. The summed E-state index contributed by atoms with van der Waals surface area (Å²) in [6.45, 7) is 1.38. The fraction of sp³-hybridized carbons (Fsp3) is 0.696. The minimum Gasteiger partial charge on any atom is -0.493 e. The summed E-state index contributed by atoms with van der Waals surface area (Å²) in [5.74, 6) is 1.24. The molecule has 2 N–H and O–H groups in total. The van der Waals surface area contributed by atoms with Gasteiger partial charge in [-0.15, -0.1) is 0 Å². The van der Waals surface area contributed by atoms with Gasteiger partial charge in [-0.1, -0.05) is 0 Å². The van der Waals surface area contributed by atoms with Crippen LogP contribution in [0.25, 0.3) is 0 Å². The van der Waals surface area contributed by atoms with Gasteiger partial charge in [0.2, 0.25) is 5.91 Å². The highest BCUT2D eigenvalue weighted by atomic mass is 16.5. The summed E-state index contributed by atoms with van der Waals surface area (Å²) in [4.78, 5) is 17.8. The van der Waals surface area contributed by atoms with Crippen molar-refractivity contribution in [3.63, 3.8) is 0 Å². The molecule has 0 aromatic heterocycles. The molecule has 1 aliphatic carbocycles. The zero-order valence-corrected chi connectivity index (χ0v) is 17.8. The zero-order chi connectivity index (χ0) is 21.3. The van der Waals surface area contributed by atoms with Crippen molar-refractivity contribution >= 4 is 11.6 Å². The van der Waals surface area contributed by atoms with Crippen molar-refractivity contribution in [2.45, 2.75) is 54.6 Å². The SMILES string of the molecule is COc1cc2c(cc1OC)C13CCN4CC5(O)[C@H](O)CO[C@H]6CC(=O)N2[C@H]1[C@H]6[C@H]5CC43. The van der Waals surface area contributed by atoms with Crippen LogP contribution in [0.15, 0.2) is 12.1 Å². The van der Waals surface area contributed by atoms with E-state index in [0.29, 0.717) is 18.0 Å². The van der Waals surface area contributed by atoms with E-state index in [-0.39, 0.29) is 54.4 Å². The average molecular weight is 428 g/mol. The number of anilines is 1. The van der Waals surface area contributed by atoms with Gasteiger partial charge >= 0.3 is 0 Å². The molecule has 8 nitrogen and oxygen atoms in total. The number of carbonyl (C=O) groups is 1. The van der Waals surface area contributed by atoms with Crippen LogP contribution in [0.4, 0.5) is 5.69 Å². The number of aliphatic hydroxyl groups excluding tert-OH is 1. The van der Waals surface area contributed by atoms with Gasteiger partial charge in [0.1, 0.15) is 11.7 Å². The minimum absolute atomic E-state index is 0.0132. The van der Waals surface area contributed by atoms with E-state index in [1.54, 1.807) is 14.2 Å². The van der Waals surface area contributed by atoms with E-state index in [1.807, 2.05) is 11.0 Å². The maximum atomic E-state index is 13.5. The summed E-state index contributed by atoms with van der Waals surface area (Å²) in [7, 11) is 3.26. The highest BCUT2D eigenvalue weighted by Gasteiger charge is 2.75. The van der Waals surface area contributed by atoms with Gasteiger partial charge in [-0.05, 0) is 31.0 Å². The molecule has 5 heterocycles. The Morgan fingerprint density at radius 1 is 1.23 bits per heavy atom. The first kappa shape index (κ1) is 18.7. The van der Waals surface area contributed by atoms with E-state index < -0.39 is 11.7 Å². The van der Waals surface area contributed by atoms with Crippen molar-refractivity contribution in [3.8, 4) is 11.5 Å². The molecule has 1 aromatic carbocycles. The number of aliphatic hydroxyl groups is 2. The summed E-state index contributed by atoms with van der Waals surface area (Å²) < 4.78 is 17.4. The van der Waals surface area contributed by atoms with Gasteiger partial charge in [0, 0.05) is 35.9 Å². The third kappa shape index (κ3) is 1.92. The van der Waals surface area contributed by atoms with Crippen LogP contribution in [0.1, 0.15) is 24.8 Å². The van der Waals surface area contributed by atoms with Crippen LogP contribution in [0.3, 0.4) is 0 Å². The molecular formula is C23H28N2O6. The maximum Gasteiger partial charge on any atom is 0.229 e. The highest BCUT2D eigenvalue weighted by molar-refractivity contribution is 5.99. The molecule has 1 saturated carbocycles. The Morgan fingerprint density at radius 2 is 2.00 bits per heavy atom. The lowest BCUT2D eigenvalue weighted by Crippen LogP contribution is -2.74. The molecule has 8 heteroatoms. The van der Waals surface area contributed by atoms with Crippen molar-refractivity contribution in [3.05, 3.63) is 17.7 Å². The molecule has 6 aliphatic rings. The highest BCUT2D eigenvalue weighted by Crippen LogP contribution is 2.67. The van der Waals surface area contributed by atoms with Crippen molar-refractivity contribution < 1.29 is 29.2 Å². The van der Waals surface area contributed by atoms with Crippen LogP contribution < -0.4 is 14.4 Å². The number of benzene rings is 1. The fourth-order valence-corrected chi connectivity index (χ4v) is 8.32. The number of amides is 1. The van der Waals surface area contributed by atoms with Crippen LogP contribution >= 0.6 is 0 Å². The number of rotatable bonds is 2. The number of piperidine rings is 2. The first-order chi connectivity index (χ1) is 14.9. The molecule has 7 rings (SSSR count). The lowest BCUT2D eigenvalue weighted by Gasteiger charge is -2.61. The number of hydrogen-bond acceptors (Lipinski definition) is 7. The van der Waals surface area contributed by atoms with Gasteiger partial charge < -0.3 is 29.3 Å². The number of hydrogen-bond donors (Lipinski definition) is 2. The molecule has 1 amide bonds. The van der Waals surface area contributed by atoms with Crippen molar-refractivity contribution in [2.75, 3.05) is 38.8 Å². The van der Waals surface area contributed by atoms with E-state index in [0.717, 1.165) is 30.6 Å². The molecular weight excluding hydrogens is 400 g/mol. The number of carbonyl (C=O) groups excluding carboxylic acids is 1. The van der Waals surface area contributed by atoms with Gasteiger partial charge in [-0.25, -0.2) is 0 Å². The minimum atomic E-state index is -1.21. The summed E-state index contributed by atoms with van der Waals surface area (Å²) in [5, 5.41) is 22.7. The van der Waals surface area contributed by atoms with Crippen LogP contribution in [0.2, 0.25) is 0 Å². The van der Waals surface area contributed by atoms with Crippen LogP contribution in [-0.4, -0.2) is 84.8 Å². The Labute approximate surface area is 180 Å². The number of ether oxygens (including phenoxy) is 3. The predicted octanol–water partition coefficient (Wildman–Crippen LogP) is 0.275. The van der Waals surface area contributed by atoms with E-state index in [9.17, 15) is 15.0 Å². The van der Waals surface area contributed by atoms with E-state index >= 15 is 0 Å². The Balaban J connectivity index is 1.51. The monoisotopic (exact) mass is 428 g/mol. The first-order valence-corrected chi connectivity index (χ1v) is 11.3.